The van der Waals surface area contributed by atoms with Crippen molar-refractivity contribution in [2.45, 2.75) is 19.9 Å². The van der Waals surface area contributed by atoms with Gasteiger partial charge in [0.05, 0.1) is 24.2 Å². The summed E-state index contributed by atoms with van der Waals surface area (Å²) in [6.07, 6.45) is 4.38. The molecule has 4 nitrogen and oxygen atoms in total. The Hall–Kier alpha value is -3.92. The van der Waals surface area contributed by atoms with Crippen molar-refractivity contribution < 1.29 is 9.53 Å². The predicted molar refractivity (Wildman–Crippen MR) is 131 cm³/mol. The fourth-order valence-electron chi connectivity index (χ4n) is 3.58. The highest BCUT2D eigenvalue weighted by atomic mass is 16.5. The van der Waals surface area contributed by atoms with Gasteiger partial charge in [-0.3, -0.25) is 4.79 Å². The second kappa shape index (κ2) is 10.4. The van der Waals surface area contributed by atoms with E-state index in [4.69, 9.17) is 9.72 Å². The molecule has 0 saturated heterocycles. The molecule has 0 aliphatic carbocycles. The summed E-state index contributed by atoms with van der Waals surface area (Å²) in [6.45, 7) is 2.85. The molecule has 0 radical (unpaired) electrons. The van der Waals surface area contributed by atoms with Crippen molar-refractivity contribution in [2.75, 3.05) is 11.9 Å². The minimum Gasteiger partial charge on any atom is -0.466 e. The molecule has 0 saturated carbocycles. The molecule has 0 spiro atoms. The molecule has 1 N–H and O–H groups in total. The summed E-state index contributed by atoms with van der Waals surface area (Å²) in [5.41, 5.74) is 6.09. The van der Waals surface area contributed by atoms with Gasteiger partial charge >= 0.3 is 5.97 Å². The third kappa shape index (κ3) is 5.61. The number of hydrogen-bond donors (Lipinski definition) is 1. The van der Waals surface area contributed by atoms with E-state index in [1.807, 2.05) is 73.7 Å². The number of carbonyl (C=O) groups excluding carboxylic acids is 1. The van der Waals surface area contributed by atoms with Crippen molar-refractivity contribution in [3.05, 3.63) is 107 Å². The van der Waals surface area contributed by atoms with Gasteiger partial charge in [-0.25, -0.2) is 4.98 Å². The first kappa shape index (κ1) is 21.3. The quantitative estimate of drug-likeness (QED) is 0.347. The van der Waals surface area contributed by atoms with Crippen LogP contribution in [0.1, 0.15) is 29.3 Å². The lowest BCUT2D eigenvalue weighted by Gasteiger charge is -2.12. The number of pyridine rings is 1. The fourth-order valence-corrected chi connectivity index (χ4v) is 3.58. The number of esters is 1. The topological polar surface area (TPSA) is 51.2 Å². The summed E-state index contributed by atoms with van der Waals surface area (Å²) in [5, 5.41) is 4.61. The van der Waals surface area contributed by atoms with E-state index < -0.39 is 0 Å². The van der Waals surface area contributed by atoms with Gasteiger partial charge in [-0.05, 0) is 54.0 Å². The maximum Gasteiger partial charge on any atom is 0.310 e. The molecule has 4 heteroatoms. The summed E-state index contributed by atoms with van der Waals surface area (Å²) in [5.74, 6) is -0.200. The molecular weight excluding hydrogens is 396 g/mol. The van der Waals surface area contributed by atoms with E-state index in [0.717, 1.165) is 39.0 Å². The molecule has 4 aromatic rings. The van der Waals surface area contributed by atoms with Crippen molar-refractivity contribution in [1.82, 2.24) is 4.98 Å². The number of para-hydroxylation sites is 1. The minimum atomic E-state index is -0.200. The summed E-state index contributed by atoms with van der Waals surface area (Å²) < 4.78 is 5.09. The lowest BCUT2D eigenvalue weighted by atomic mass is 10.0. The Morgan fingerprint density at radius 1 is 0.906 bits per heavy atom. The van der Waals surface area contributed by atoms with Crippen LogP contribution in [0.15, 0.2) is 84.9 Å². The van der Waals surface area contributed by atoms with Crippen molar-refractivity contribution in [3.63, 3.8) is 0 Å². The van der Waals surface area contributed by atoms with Crippen LogP contribution in [-0.4, -0.2) is 17.6 Å². The van der Waals surface area contributed by atoms with Crippen LogP contribution in [-0.2, 0) is 22.5 Å². The Morgan fingerprint density at radius 2 is 1.72 bits per heavy atom. The lowest BCUT2D eigenvalue weighted by Crippen LogP contribution is -2.10. The number of anilines is 1. The Balaban J connectivity index is 1.43. The van der Waals surface area contributed by atoms with Gasteiger partial charge in [0.2, 0.25) is 0 Å². The summed E-state index contributed by atoms with van der Waals surface area (Å²) in [6, 6.07) is 28.4. The Bertz CT molecular complexity index is 1250. The summed E-state index contributed by atoms with van der Waals surface area (Å²) in [4.78, 5) is 16.6. The zero-order valence-corrected chi connectivity index (χ0v) is 18.1. The van der Waals surface area contributed by atoms with Crippen molar-refractivity contribution in [2.24, 2.45) is 0 Å². The molecule has 3 aromatic carbocycles. The molecule has 0 fully saturated rings. The summed E-state index contributed by atoms with van der Waals surface area (Å²) in [7, 11) is 0. The van der Waals surface area contributed by atoms with Crippen LogP contribution in [0.3, 0.4) is 0 Å². The molecule has 1 heterocycles. The van der Waals surface area contributed by atoms with E-state index in [1.165, 1.54) is 0 Å². The molecule has 4 rings (SSSR count). The first-order valence-corrected chi connectivity index (χ1v) is 10.8. The number of rotatable bonds is 8. The summed E-state index contributed by atoms with van der Waals surface area (Å²) >= 11 is 0. The molecule has 1 aromatic heterocycles. The second-order valence-electron chi connectivity index (χ2n) is 7.49. The SMILES string of the molecule is CCOC(=O)Cc1ccccc1CNc1cccc(/C=C/c2ccc3ccccc3n2)c1. The molecule has 0 atom stereocenters. The van der Waals surface area contributed by atoms with Gasteiger partial charge in [-0.2, -0.15) is 0 Å². The zero-order chi connectivity index (χ0) is 22.2. The largest absolute Gasteiger partial charge is 0.466 e. The van der Waals surface area contributed by atoms with Gasteiger partial charge in [0.15, 0.2) is 0 Å². The molecular formula is C28H26N2O2. The number of nitrogens with one attached hydrogen (secondary N) is 1. The normalized spacial score (nSPS) is 11.0. The van der Waals surface area contributed by atoms with E-state index in [2.05, 4.69) is 35.7 Å². The van der Waals surface area contributed by atoms with Gasteiger partial charge in [-0.15, -0.1) is 0 Å². The fraction of sp³-hybridized carbons (Fsp3) is 0.143. The highest BCUT2D eigenvalue weighted by Crippen LogP contribution is 2.18. The van der Waals surface area contributed by atoms with Gasteiger partial charge < -0.3 is 10.1 Å². The number of benzene rings is 3. The standard InChI is InChI=1S/C28H26N2O2/c1-2-32-28(31)19-23-10-3-4-11-24(23)20-29-26-12-7-8-21(18-26)14-16-25-17-15-22-9-5-6-13-27(22)30-25/h3-18,29H,2,19-20H2,1H3/b16-14+. The van der Waals surface area contributed by atoms with E-state index in [1.54, 1.807) is 0 Å². The molecule has 32 heavy (non-hydrogen) atoms. The van der Waals surface area contributed by atoms with Crippen molar-refractivity contribution in [1.29, 1.82) is 0 Å². The zero-order valence-electron chi connectivity index (χ0n) is 18.1. The third-order valence-corrected chi connectivity index (χ3v) is 5.19. The van der Waals surface area contributed by atoms with Crippen LogP contribution in [0, 0.1) is 0 Å². The molecule has 0 bridgehead atoms. The molecule has 160 valence electrons. The van der Waals surface area contributed by atoms with Crippen LogP contribution >= 0.6 is 0 Å². The van der Waals surface area contributed by atoms with Crippen LogP contribution in [0.4, 0.5) is 5.69 Å². The molecule has 0 unspecified atom stereocenters. The Kier molecular flexibility index (Phi) is 6.93. The van der Waals surface area contributed by atoms with Gasteiger partial charge in [0, 0.05) is 17.6 Å². The Labute approximate surface area is 188 Å². The van der Waals surface area contributed by atoms with Gasteiger partial charge in [-0.1, -0.05) is 66.7 Å². The van der Waals surface area contributed by atoms with E-state index >= 15 is 0 Å². The second-order valence-corrected chi connectivity index (χ2v) is 7.49. The maximum atomic E-state index is 11.9. The highest BCUT2D eigenvalue weighted by molar-refractivity contribution is 5.81. The van der Waals surface area contributed by atoms with Crippen LogP contribution in [0.25, 0.3) is 23.1 Å². The number of aromatic nitrogens is 1. The number of ether oxygens (including phenoxy) is 1. The van der Waals surface area contributed by atoms with Crippen LogP contribution in [0.5, 0.6) is 0 Å². The average Bonchev–Trinajstić information content (AvgIpc) is 2.82. The van der Waals surface area contributed by atoms with Crippen molar-refractivity contribution >= 4 is 34.7 Å². The van der Waals surface area contributed by atoms with Crippen LogP contribution in [0.2, 0.25) is 0 Å². The smallest absolute Gasteiger partial charge is 0.310 e. The molecule has 0 aliphatic heterocycles. The number of hydrogen-bond acceptors (Lipinski definition) is 4. The van der Waals surface area contributed by atoms with Crippen molar-refractivity contribution in [3.8, 4) is 0 Å². The first-order valence-electron chi connectivity index (χ1n) is 10.8. The highest BCUT2D eigenvalue weighted by Gasteiger charge is 2.08. The Morgan fingerprint density at radius 3 is 2.59 bits per heavy atom. The van der Waals surface area contributed by atoms with Crippen LogP contribution < -0.4 is 5.32 Å². The predicted octanol–water partition coefficient (Wildman–Crippen LogP) is 6.12. The average molecular weight is 423 g/mol. The third-order valence-electron chi connectivity index (χ3n) is 5.19. The molecule has 0 aliphatic rings. The van der Waals surface area contributed by atoms with Gasteiger partial charge in [0.1, 0.15) is 0 Å². The van der Waals surface area contributed by atoms with Gasteiger partial charge in [0.25, 0.3) is 0 Å². The number of carbonyl (C=O) groups is 1. The number of nitrogens with zero attached hydrogens (tertiary/aromatic N) is 1. The molecule has 0 amide bonds. The van der Waals surface area contributed by atoms with E-state index in [9.17, 15) is 4.79 Å². The maximum absolute atomic E-state index is 11.9. The first-order chi connectivity index (χ1) is 15.7. The lowest BCUT2D eigenvalue weighted by molar-refractivity contribution is -0.142. The minimum absolute atomic E-state index is 0.200. The monoisotopic (exact) mass is 422 g/mol. The van der Waals surface area contributed by atoms with E-state index in [-0.39, 0.29) is 12.4 Å². The number of fused-ring (bicyclic) bond motifs is 1. The van der Waals surface area contributed by atoms with E-state index in [0.29, 0.717) is 13.2 Å².